The van der Waals surface area contributed by atoms with Gasteiger partial charge in [-0.25, -0.2) is 0 Å². The molecule has 0 bridgehead atoms. The largest absolute Gasteiger partial charge is 0.348 e. The summed E-state index contributed by atoms with van der Waals surface area (Å²) in [4.78, 5) is 28.5. The number of aromatic nitrogens is 1. The van der Waals surface area contributed by atoms with E-state index in [0.717, 1.165) is 15.6 Å². The molecule has 6 heteroatoms. The second-order valence-corrected chi connectivity index (χ2v) is 7.17. The van der Waals surface area contributed by atoms with E-state index in [1.54, 1.807) is 18.3 Å². The molecule has 0 fully saturated rings. The van der Waals surface area contributed by atoms with E-state index in [-0.39, 0.29) is 11.8 Å². The predicted molar refractivity (Wildman–Crippen MR) is 113 cm³/mol. The van der Waals surface area contributed by atoms with Crippen LogP contribution < -0.4 is 10.6 Å². The Morgan fingerprint density at radius 1 is 0.964 bits per heavy atom. The van der Waals surface area contributed by atoms with Gasteiger partial charge in [0.15, 0.2) is 0 Å². The van der Waals surface area contributed by atoms with E-state index in [9.17, 15) is 9.59 Å². The summed E-state index contributed by atoms with van der Waals surface area (Å²) < 4.78 is 1.02. The highest BCUT2D eigenvalue weighted by atomic mass is 79.9. The van der Waals surface area contributed by atoms with Gasteiger partial charge in [0.25, 0.3) is 5.91 Å². The average molecular weight is 438 g/mol. The van der Waals surface area contributed by atoms with Crippen LogP contribution >= 0.6 is 15.9 Å². The summed E-state index contributed by atoms with van der Waals surface area (Å²) in [5.41, 5.74) is 3.15. The zero-order chi connectivity index (χ0) is 19.8. The molecule has 1 aromatic heterocycles. The van der Waals surface area contributed by atoms with Crippen LogP contribution in [0.5, 0.6) is 0 Å². The van der Waals surface area contributed by atoms with E-state index in [1.165, 1.54) is 6.20 Å². The second-order valence-electron chi connectivity index (χ2n) is 6.26. The highest BCUT2D eigenvalue weighted by Crippen LogP contribution is 2.16. The van der Waals surface area contributed by atoms with Gasteiger partial charge in [0.2, 0.25) is 5.91 Å². The number of para-hydroxylation sites is 1. The van der Waals surface area contributed by atoms with Crippen LogP contribution in [0.4, 0.5) is 5.69 Å². The monoisotopic (exact) mass is 437 g/mol. The van der Waals surface area contributed by atoms with E-state index < -0.39 is 0 Å². The molecule has 2 aromatic carbocycles. The average Bonchev–Trinajstić information content (AvgIpc) is 2.73. The minimum absolute atomic E-state index is 0.0612. The summed E-state index contributed by atoms with van der Waals surface area (Å²) in [6.07, 6.45) is 4.19. The number of rotatable bonds is 7. The molecular formula is C22H20BrN3O2. The molecule has 0 spiro atoms. The Labute approximate surface area is 172 Å². The van der Waals surface area contributed by atoms with Crippen LogP contribution in [0.1, 0.15) is 27.9 Å². The maximum atomic E-state index is 12.3. The summed E-state index contributed by atoms with van der Waals surface area (Å²) in [6, 6.07) is 18.8. The number of amides is 2. The molecule has 5 nitrogen and oxygen atoms in total. The molecule has 1 heterocycles. The summed E-state index contributed by atoms with van der Waals surface area (Å²) in [6.45, 7) is 0.316. The molecule has 2 amide bonds. The number of benzene rings is 2. The van der Waals surface area contributed by atoms with Gasteiger partial charge in [0.05, 0.1) is 5.56 Å². The molecule has 0 saturated carbocycles. The fourth-order valence-electron chi connectivity index (χ4n) is 2.69. The molecule has 142 valence electrons. The molecule has 2 N–H and O–H groups in total. The minimum atomic E-state index is -0.204. The van der Waals surface area contributed by atoms with Gasteiger partial charge in [-0.3, -0.25) is 14.6 Å². The zero-order valence-corrected chi connectivity index (χ0v) is 16.8. The van der Waals surface area contributed by atoms with E-state index in [2.05, 4.69) is 31.5 Å². The van der Waals surface area contributed by atoms with Crippen LogP contribution in [0, 0.1) is 0 Å². The Morgan fingerprint density at radius 2 is 1.75 bits per heavy atom. The third-order valence-electron chi connectivity index (χ3n) is 4.21. The summed E-state index contributed by atoms with van der Waals surface area (Å²) >= 11 is 3.40. The Kier molecular flexibility index (Phi) is 6.92. The lowest BCUT2D eigenvalue weighted by Crippen LogP contribution is -2.24. The van der Waals surface area contributed by atoms with Crippen molar-refractivity contribution in [3.63, 3.8) is 0 Å². The molecule has 0 unspecified atom stereocenters. The van der Waals surface area contributed by atoms with E-state index in [0.29, 0.717) is 30.6 Å². The van der Waals surface area contributed by atoms with Crippen molar-refractivity contribution in [1.82, 2.24) is 10.3 Å². The molecule has 28 heavy (non-hydrogen) atoms. The van der Waals surface area contributed by atoms with Crippen molar-refractivity contribution in [2.24, 2.45) is 0 Å². The topological polar surface area (TPSA) is 71.1 Å². The minimum Gasteiger partial charge on any atom is -0.348 e. The van der Waals surface area contributed by atoms with Crippen LogP contribution in [0.15, 0.2) is 77.5 Å². The molecule has 0 aliphatic carbocycles. The molecule has 0 saturated heterocycles. The Hall–Kier alpha value is -2.99. The van der Waals surface area contributed by atoms with E-state index in [4.69, 9.17) is 0 Å². The van der Waals surface area contributed by atoms with Crippen molar-refractivity contribution in [2.45, 2.75) is 19.4 Å². The summed E-state index contributed by atoms with van der Waals surface area (Å²) in [5.74, 6) is -0.265. The van der Waals surface area contributed by atoms with Crippen molar-refractivity contribution in [1.29, 1.82) is 0 Å². The standard InChI is InChI=1S/C22H20BrN3O2/c23-19-10-7-16(8-11-19)9-12-21(27)26-20-6-2-1-4-17(20)15-25-22(28)18-5-3-13-24-14-18/h1-8,10-11,13-14H,9,12,15H2,(H,25,28)(H,26,27). The van der Waals surface area contributed by atoms with Crippen molar-refractivity contribution >= 4 is 33.4 Å². The van der Waals surface area contributed by atoms with Gasteiger partial charge < -0.3 is 10.6 Å². The number of aryl methyl sites for hydroxylation is 1. The van der Waals surface area contributed by atoms with Crippen molar-refractivity contribution in [2.75, 3.05) is 5.32 Å². The van der Waals surface area contributed by atoms with Gasteiger partial charge >= 0.3 is 0 Å². The number of carbonyl (C=O) groups is 2. The highest BCUT2D eigenvalue weighted by molar-refractivity contribution is 9.10. The van der Waals surface area contributed by atoms with Gasteiger partial charge in [0.1, 0.15) is 0 Å². The number of hydrogen-bond acceptors (Lipinski definition) is 3. The first-order chi connectivity index (χ1) is 13.6. The maximum Gasteiger partial charge on any atom is 0.253 e. The number of anilines is 1. The van der Waals surface area contributed by atoms with Crippen molar-refractivity contribution in [3.05, 3.63) is 94.2 Å². The first-order valence-corrected chi connectivity index (χ1v) is 9.71. The molecule has 3 aromatic rings. The Morgan fingerprint density at radius 3 is 2.50 bits per heavy atom. The molecular weight excluding hydrogens is 418 g/mol. The van der Waals surface area contributed by atoms with Crippen molar-refractivity contribution < 1.29 is 9.59 Å². The fourth-order valence-corrected chi connectivity index (χ4v) is 2.96. The first kappa shape index (κ1) is 19.8. The Bertz CT molecular complexity index is 944. The lowest BCUT2D eigenvalue weighted by Gasteiger charge is -2.12. The second kappa shape index (κ2) is 9.80. The van der Waals surface area contributed by atoms with Crippen molar-refractivity contribution in [3.8, 4) is 0 Å². The molecule has 0 aliphatic rings. The molecule has 0 radical (unpaired) electrons. The van der Waals surface area contributed by atoms with Gasteiger partial charge in [0, 0.05) is 35.5 Å². The highest BCUT2D eigenvalue weighted by Gasteiger charge is 2.09. The van der Waals surface area contributed by atoms with Gasteiger partial charge in [-0.2, -0.15) is 0 Å². The summed E-state index contributed by atoms with van der Waals surface area (Å²) in [7, 11) is 0. The lowest BCUT2D eigenvalue weighted by molar-refractivity contribution is -0.116. The number of hydrogen-bond donors (Lipinski definition) is 2. The number of pyridine rings is 1. The zero-order valence-electron chi connectivity index (χ0n) is 15.2. The lowest BCUT2D eigenvalue weighted by atomic mass is 10.1. The first-order valence-electron chi connectivity index (χ1n) is 8.92. The maximum absolute atomic E-state index is 12.3. The summed E-state index contributed by atoms with van der Waals surface area (Å²) in [5, 5.41) is 5.80. The molecule has 0 aliphatic heterocycles. The number of halogens is 1. The van der Waals surface area contributed by atoms with Gasteiger partial charge in [-0.1, -0.05) is 46.3 Å². The Balaban J connectivity index is 1.56. The van der Waals surface area contributed by atoms with E-state index >= 15 is 0 Å². The molecule has 3 rings (SSSR count). The normalized spacial score (nSPS) is 10.3. The number of carbonyl (C=O) groups excluding carboxylic acids is 2. The quantitative estimate of drug-likeness (QED) is 0.577. The SMILES string of the molecule is O=C(CCc1ccc(Br)cc1)Nc1ccccc1CNC(=O)c1cccnc1. The fraction of sp³-hybridized carbons (Fsp3) is 0.136. The third kappa shape index (κ3) is 5.76. The van der Waals surface area contributed by atoms with Crippen LogP contribution in [0.25, 0.3) is 0 Å². The predicted octanol–water partition coefficient (Wildman–Crippen LogP) is 4.35. The van der Waals surface area contributed by atoms with Crippen LogP contribution in [-0.4, -0.2) is 16.8 Å². The van der Waals surface area contributed by atoms with Gasteiger partial charge in [-0.05, 0) is 47.9 Å². The molecule has 0 atom stereocenters. The van der Waals surface area contributed by atoms with Crippen LogP contribution in [0.3, 0.4) is 0 Å². The smallest absolute Gasteiger partial charge is 0.253 e. The van der Waals surface area contributed by atoms with E-state index in [1.807, 2.05) is 48.5 Å². The van der Waals surface area contributed by atoms with Crippen LogP contribution in [-0.2, 0) is 17.8 Å². The number of nitrogens with one attached hydrogen (secondary N) is 2. The number of nitrogens with zero attached hydrogens (tertiary/aromatic N) is 1. The van der Waals surface area contributed by atoms with Gasteiger partial charge in [-0.15, -0.1) is 0 Å². The van der Waals surface area contributed by atoms with Crippen LogP contribution in [0.2, 0.25) is 0 Å². The third-order valence-corrected chi connectivity index (χ3v) is 4.74.